The number of benzene rings is 3. The molecule has 3 rings (SSSR count). The van der Waals surface area contributed by atoms with Crippen molar-refractivity contribution < 1.29 is 18.0 Å². The third-order valence-electron chi connectivity index (χ3n) is 5.93. The highest BCUT2D eigenvalue weighted by Gasteiger charge is 2.33. The molecule has 0 bridgehead atoms. The summed E-state index contributed by atoms with van der Waals surface area (Å²) < 4.78 is 28.5. The molecule has 0 saturated heterocycles. The van der Waals surface area contributed by atoms with Crippen LogP contribution >= 0.6 is 23.2 Å². The molecule has 0 aromatic heterocycles. The molecule has 0 heterocycles. The van der Waals surface area contributed by atoms with Crippen molar-refractivity contribution in [2.75, 3.05) is 17.9 Å². The van der Waals surface area contributed by atoms with E-state index in [0.717, 1.165) is 9.87 Å². The zero-order valence-electron chi connectivity index (χ0n) is 20.8. The Kier molecular flexibility index (Phi) is 9.59. The third kappa shape index (κ3) is 6.83. The number of likely N-dealkylation sites (N-methyl/N-ethyl adjacent to an activating group) is 1. The van der Waals surface area contributed by atoms with Gasteiger partial charge in [-0.15, -0.1) is 0 Å². The normalized spacial score (nSPS) is 12.0. The Morgan fingerprint density at radius 2 is 1.57 bits per heavy atom. The van der Waals surface area contributed by atoms with Crippen molar-refractivity contribution in [3.63, 3.8) is 0 Å². The van der Waals surface area contributed by atoms with E-state index in [4.69, 9.17) is 23.2 Å². The number of halogens is 2. The maximum absolute atomic E-state index is 13.8. The van der Waals surface area contributed by atoms with Gasteiger partial charge in [0.15, 0.2) is 0 Å². The third-order valence-corrected chi connectivity index (χ3v) is 8.34. The Balaban J connectivity index is 2.06. The number of nitrogens with one attached hydrogen (secondary N) is 1. The van der Waals surface area contributed by atoms with E-state index in [-0.39, 0.29) is 17.3 Å². The molecule has 196 valence electrons. The molecule has 0 saturated carbocycles. The van der Waals surface area contributed by atoms with Crippen LogP contribution in [0.3, 0.4) is 0 Å². The fraction of sp³-hybridized carbons (Fsp3) is 0.259. The van der Waals surface area contributed by atoms with Crippen LogP contribution in [0.4, 0.5) is 5.69 Å². The molecule has 1 N–H and O–H groups in total. The first-order chi connectivity index (χ1) is 17.6. The van der Waals surface area contributed by atoms with E-state index in [1.165, 1.54) is 36.2 Å². The predicted octanol–water partition coefficient (Wildman–Crippen LogP) is 5.05. The number of sulfonamides is 1. The maximum Gasteiger partial charge on any atom is 0.264 e. The molecule has 10 heteroatoms. The molecule has 2 amide bonds. The van der Waals surface area contributed by atoms with Crippen LogP contribution in [0.25, 0.3) is 0 Å². The van der Waals surface area contributed by atoms with Gasteiger partial charge in [-0.05, 0) is 61.4 Å². The van der Waals surface area contributed by atoms with Gasteiger partial charge in [0.1, 0.15) is 12.6 Å². The average Bonchev–Trinajstić information content (AvgIpc) is 2.88. The van der Waals surface area contributed by atoms with Gasteiger partial charge in [0.2, 0.25) is 11.8 Å². The lowest BCUT2D eigenvalue weighted by Crippen LogP contribution is -2.51. The summed E-state index contributed by atoms with van der Waals surface area (Å²) in [6.07, 6.45) is 0.324. The van der Waals surface area contributed by atoms with Crippen LogP contribution in [-0.4, -0.2) is 44.8 Å². The smallest absolute Gasteiger partial charge is 0.264 e. The second-order valence-electron chi connectivity index (χ2n) is 8.45. The summed E-state index contributed by atoms with van der Waals surface area (Å²) in [6, 6.07) is 18.8. The van der Waals surface area contributed by atoms with Crippen molar-refractivity contribution in [3.05, 3.63) is 94.0 Å². The summed E-state index contributed by atoms with van der Waals surface area (Å²) >= 11 is 12.3. The lowest BCUT2D eigenvalue weighted by atomic mass is 10.1. The Morgan fingerprint density at radius 1 is 0.946 bits per heavy atom. The number of rotatable bonds is 10. The Morgan fingerprint density at radius 3 is 2.14 bits per heavy atom. The number of anilines is 1. The van der Waals surface area contributed by atoms with Gasteiger partial charge in [0.05, 0.1) is 10.6 Å². The zero-order chi connectivity index (χ0) is 27.2. The van der Waals surface area contributed by atoms with Gasteiger partial charge in [-0.25, -0.2) is 8.42 Å². The number of hydrogen-bond donors (Lipinski definition) is 1. The van der Waals surface area contributed by atoms with Crippen LogP contribution in [0.2, 0.25) is 10.0 Å². The number of hydrogen-bond acceptors (Lipinski definition) is 4. The minimum atomic E-state index is -4.15. The highest BCUT2D eigenvalue weighted by molar-refractivity contribution is 7.92. The summed E-state index contributed by atoms with van der Waals surface area (Å²) in [4.78, 5) is 27.9. The molecule has 0 spiro atoms. The van der Waals surface area contributed by atoms with Crippen molar-refractivity contribution >= 4 is 50.7 Å². The second kappa shape index (κ2) is 12.4. The van der Waals surface area contributed by atoms with E-state index in [0.29, 0.717) is 27.7 Å². The minimum Gasteiger partial charge on any atom is -0.357 e. The number of carbonyl (C=O) groups excluding carboxylic acids is 2. The summed E-state index contributed by atoms with van der Waals surface area (Å²) in [6.45, 7) is 3.18. The number of aryl methyl sites for hydroxylation is 1. The Labute approximate surface area is 228 Å². The van der Waals surface area contributed by atoms with Crippen molar-refractivity contribution in [2.45, 2.75) is 37.8 Å². The van der Waals surface area contributed by atoms with Gasteiger partial charge in [0.25, 0.3) is 10.0 Å². The van der Waals surface area contributed by atoms with Crippen LogP contribution in [0.1, 0.15) is 24.5 Å². The van der Waals surface area contributed by atoms with Gasteiger partial charge < -0.3 is 10.2 Å². The molecule has 0 aliphatic rings. The number of nitrogens with zero attached hydrogens (tertiary/aromatic N) is 2. The quantitative estimate of drug-likeness (QED) is 0.375. The summed E-state index contributed by atoms with van der Waals surface area (Å²) in [7, 11) is -2.66. The van der Waals surface area contributed by atoms with Crippen LogP contribution in [0, 0.1) is 6.92 Å². The number of carbonyl (C=O) groups is 2. The summed E-state index contributed by atoms with van der Waals surface area (Å²) in [5, 5.41) is 3.42. The van der Waals surface area contributed by atoms with Gasteiger partial charge in [-0.1, -0.05) is 66.0 Å². The monoisotopic (exact) mass is 561 g/mol. The molecule has 0 unspecified atom stereocenters. The van der Waals surface area contributed by atoms with Gasteiger partial charge >= 0.3 is 0 Å². The molecule has 3 aromatic rings. The van der Waals surface area contributed by atoms with Crippen molar-refractivity contribution in [3.8, 4) is 0 Å². The first-order valence-electron chi connectivity index (χ1n) is 11.7. The van der Waals surface area contributed by atoms with E-state index < -0.39 is 28.5 Å². The maximum atomic E-state index is 13.8. The minimum absolute atomic E-state index is 0.0127. The van der Waals surface area contributed by atoms with Crippen molar-refractivity contribution in [2.24, 2.45) is 0 Å². The Bertz CT molecular complexity index is 1350. The fourth-order valence-corrected chi connectivity index (χ4v) is 5.61. The molecular weight excluding hydrogens is 533 g/mol. The van der Waals surface area contributed by atoms with Crippen molar-refractivity contribution in [1.29, 1.82) is 0 Å². The lowest BCUT2D eigenvalue weighted by molar-refractivity contribution is -0.140. The van der Waals surface area contributed by atoms with Crippen LogP contribution in [0.15, 0.2) is 77.7 Å². The standard InChI is InChI=1S/C27H29Cl2N3O4S/c1-4-25(27(34)30-3)31(17-20-7-5-6-8-24(20)29)26(33)18-32(22-13-9-19(2)10-14-22)37(35,36)23-15-11-21(28)12-16-23/h5-16,25H,4,17-18H2,1-3H3,(H,30,34)/t25-/m1/s1. The largest absolute Gasteiger partial charge is 0.357 e. The molecule has 0 aliphatic heterocycles. The topological polar surface area (TPSA) is 86.8 Å². The molecule has 7 nitrogen and oxygen atoms in total. The van der Waals surface area contributed by atoms with Gasteiger partial charge in [-0.2, -0.15) is 0 Å². The fourth-order valence-electron chi connectivity index (χ4n) is 3.87. The molecular formula is C27H29Cl2N3O4S. The molecule has 37 heavy (non-hydrogen) atoms. The Hall–Kier alpha value is -3.07. The van der Waals surface area contributed by atoms with E-state index in [1.807, 2.05) is 6.92 Å². The van der Waals surface area contributed by atoms with Crippen LogP contribution in [0.5, 0.6) is 0 Å². The molecule has 3 aromatic carbocycles. The number of amides is 2. The molecule has 0 radical (unpaired) electrons. The van der Waals surface area contributed by atoms with Gasteiger partial charge in [0, 0.05) is 23.6 Å². The first kappa shape index (κ1) is 28.5. The summed E-state index contributed by atoms with van der Waals surface area (Å²) in [5.41, 5.74) is 1.90. The SMILES string of the molecule is CC[C@H](C(=O)NC)N(Cc1ccccc1Cl)C(=O)CN(c1ccc(C)cc1)S(=O)(=O)c1ccc(Cl)cc1. The predicted molar refractivity (Wildman–Crippen MR) is 147 cm³/mol. The molecule has 1 atom stereocenters. The van der Waals surface area contributed by atoms with Gasteiger partial charge in [-0.3, -0.25) is 13.9 Å². The average molecular weight is 563 g/mol. The summed E-state index contributed by atoms with van der Waals surface area (Å²) in [5.74, 6) is -0.904. The van der Waals surface area contributed by atoms with E-state index >= 15 is 0 Å². The van der Waals surface area contributed by atoms with E-state index in [9.17, 15) is 18.0 Å². The van der Waals surface area contributed by atoms with Crippen LogP contribution in [-0.2, 0) is 26.2 Å². The first-order valence-corrected chi connectivity index (χ1v) is 13.9. The zero-order valence-corrected chi connectivity index (χ0v) is 23.1. The molecule has 0 aliphatic carbocycles. The molecule has 0 fully saturated rings. The van der Waals surface area contributed by atoms with E-state index in [2.05, 4.69) is 5.32 Å². The second-order valence-corrected chi connectivity index (χ2v) is 11.2. The lowest BCUT2D eigenvalue weighted by Gasteiger charge is -2.33. The highest BCUT2D eigenvalue weighted by Crippen LogP contribution is 2.26. The van der Waals surface area contributed by atoms with E-state index in [1.54, 1.807) is 55.5 Å². The van der Waals surface area contributed by atoms with Crippen LogP contribution < -0.4 is 9.62 Å². The highest BCUT2D eigenvalue weighted by atomic mass is 35.5. The van der Waals surface area contributed by atoms with Crippen molar-refractivity contribution in [1.82, 2.24) is 10.2 Å².